The van der Waals surface area contributed by atoms with Gasteiger partial charge in [0.15, 0.2) is 0 Å². The Balaban J connectivity index is 2.06. The van der Waals surface area contributed by atoms with Gasteiger partial charge >= 0.3 is 12.1 Å². The fourth-order valence-corrected chi connectivity index (χ4v) is 2.72. The number of thiol groups is 1. The number of rotatable bonds is 8. The number of hydrogen-bond donors (Lipinski definition) is 3. The van der Waals surface area contributed by atoms with Crippen LogP contribution >= 0.6 is 12.6 Å². The number of carbonyl (C=O) groups is 3. The first-order valence-corrected chi connectivity index (χ1v) is 9.66. The number of benzene rings is 2. The van der Waals surface area contributed by atoms with Crippen LogP contribution in [0.1, 0.15) is 35.4 Å². The van der Waals surface area contributed by atoms with Crippen molar-refractivity contribution in [3.05, 3.63) is 65.7 Å². The average molecular weight is 417 g/mol. The minimum atomic E-state index is -0.892. The number of alkyl carbamates (subject to hydrolysis) is 1. The lowest BCUT2D eigenvalue weighted by atomic mass is 9.94. The fraction of sp³-hybridized carbons (Fsp3) is 0.286. The Morgan fingerprint density at radius 2 is 1.72 bits per heavy atom. The maximum atomic E-state index is 12.3. The average Bonchev–Trinajstić information content (AvgIpc) is 2.73. The van der Waals surface area contributed by atoms with Crippen molar-refractivity contribution in [2.75, 3.05) is 12.4 Å². The Morgan fingerprint density at radius 3 is 2.34 bits per heavy atom. The van der Waals surface area contributed by atoms with Gasteiger partial charge in [-0.05, 0) is 36.2 Å². The molecule has 2 aromatic rings. The summed E-state index contributed by atoms with van der Waals surface area (Å²) in [6.45, 7) is 1.97. The van der Waals surface area contributed by atoms with Gasteiger partial charge in [-0.1, -0.05) is 37.3 Å². The van der Waals surface area contributed by atoms with Gasteiger partial charge in [0.2, 0.25) is 0 Å². The molecule has 2 N–H and O–H groups in total. The number of esters is 1. The molecule has 0 spiro atoms. The molecule has 0 saturated heterocycles. The standard InChI is InChI=1S/C21H23NO6S/c1-14(11-12-27-18(24)13-29)19(15-7-9-17(23)10-8-15)28-21(26)22-20(25)16-5-3-2-4-6-16/h2-10,14,19,23,29H,11-13H2,1H3,(H,22,25,26)/t14-,19+/m0/s1. The highest BCUT2D eigenvalue weighted by atomic mass is 32.1. The summed E-state index contributed by atoms with van der Waals surface area (Å²) in [4.78, 5) is 35.7. The summed E-state index contributed by atoms with van der Waals surface area (Å²) >= 11 is 3.85. The van der Waals surface area contributed by atoms with Crippen molar-refractivity contribution in [1.29, 1.82) is 0 Å². The first-order chi connectivity index (χ1) is 13.9. The van der Waals surface area contributed by atoms with Gasteiger partial charge in [-0.2, -0.15) is 12.6 Å². The number of ether oxygens (including phenoxy) is 2. The van der Waals surface area contributed by atoms with Crippen LogP contribution in [0.2, 0.25) is 0 Å². The quantitative estimate of drug-likeness (QED) is 0.449. The van der Waals surface area contributed by atoms with Crippen molar-refractivity contribution in [2.45, 2.75) is 19.4 Å². The van der Waals surface area contributed by atoms with E-state index in [-0.39, 0.29) is 24.0 Å². The lowest BCUT2D eigenvalue weighted by molar-refractivity contribution is -0.141. The monoisotopic (exact) mass is 417 g/mol. The summed E-state index contributed by atoms with van der Waals surface area (Å²) in [5.74, 6) is -1.18. The molecule has 0 radical (unpaired) electrons. The Kier molecular flexibility index (Phi) is 8.54. The molecule has 2 rings (SSSR count). The number of imide groups is 1. The van der Waals surface area contributed by atoms with Crippen LogP contribution in [0.5, 0.6) is 5.75 Å². The molecule has 2 aromatic carbocycles. The molecule has 0 aliphatic rings. The van der Waals surface area contributed by atoms with Crippen LogP contribution in [0, 0.1) is 5.92 Å². The zero-order valence-electron chi connectivity index (χ0n) is 15.9. The van der Waals surface area contributed by atoms with E-state index in [0.717, 1.165) is 0 Å². The summed E-state index contributed by atoms with van der Waals surface area (Å²) in [5.41, 5.74) is 0.968. The van der Waals surface area contributed by atoms with Crippen LogP contribution in [-0.4, -0.2) is 35.4 Å². The van der Waals surface area contributed by atoms with Crippen LogP contribution < -0.4 is 5.32 Å². The molecule has 0 fully saturated rings. The second kappa shape index (κ2) is 11.1. The van der Waals surface area contributed by atoms with Crippen molar-refractivity contribution >= 4 is 30.6 Å². The number of phenolic OH excluding ortho intramolecular Hbond substituents is 1. The van der Waals surface area contributed by atoms with E-state index >= 15 is 0 Å². The van der Waals surface area contributed by atoms with Crippen LogP contribution in [-0.2, 0) is 14.3 Å². The van der Waals surface area contributed by atoms with E-state index in [1.165, 1.54) is 12.1 Å². The summed E-state index contributed by atoms with van der Waals surface area (Å²) in [5, 5.41) is 11.7. The third-order valence-corrected chi connectivity index (χ3v) is 4.45. The molecule has 0 saturated carbocycles. The van der Waals surface area contributed by atoms with Crippen LogP contribution in [0.15, 0.2) is 54.6 Å². The van der Waals surface area contributed by atoms with E-state index in [4.69, 9.17) is 9.47 Å². The summed E-state index contributed by atoms with van der Waals surface area (Å²) < 4.78 is 10.5. The van der Waals surface area contributed by atoms with Gasteiger partial charge < -0.3 is 14.6 Å². The van der Waals surface area contributed by atoms with Crippen LogP contribution in [0.4, 0.5) is 4.79 Å². The van der Waals surface area contributed by atoms with Crippen molar-refractivity contribution in [1.82, 2.24) is 5.32 Å². The van der Waals surface area contributed by atoms with E-state index in [0.29, 0.717) is 17.5 Å². The third-order valence-electron chi connectivity index (χ3n) is 4.19. The molecule has 2 atom stereocenters. The van der Waals surface area contributed by atoms with Crippen LogP contribution in [0.3, 0.4) is 0 Å². The zero-order valence-corrected chi connectivity index (χ0v) is 16.8. The van der Waals surface area contributed by atoms with Gasteiger partial charge in [-0.3, -0.25) is 14.9 Å². The number of phenols is 1. The van der Waals surface area contributed by atoms with E-state index in [9.17, 15) is 19.5 Å². The second-order valence-electron chi connectivity index (χ2n) is 6.38. The summed E-state index contributed by atoms with van der Waals surface area (Å²) in [6.07, 6.45) is -1.18. The molecule has 29 heavy (non-hydrogen) atoms. The highest BCUT2D eigenvalue weighted by Crippen LogP contribution is 2.29. The predicted molar refractivity (Wildman–Crippen MR) is 110 cm³/mol. The van der Waals surface area contributed by atoms with E-state index in [1.54, 1.807) is 42.5 Å². The van der Waals surface area contributed by atoms with Crippen molar-refractivity contribution in [2.24, 2.45) is 5.92 Å². The SMILES string of the molecule is C[C@@H](CCOC(=O)CS)[C@@H](OC(=O)NC(=O)c1ccccc1)c1ccc(O)cc1. The smallest absolute Gasteiger partial charge is 0.414 e. The Bertz CT molecular complexity index is 825. The summed E-state index contributed by atoms with van der Waals surface area (Å²) in [6, 6.07) is 14.5. The minimum absolute atomic E-state index is 0.0176. The van der Waals surface area contributed by atoms with Crippen molar-refractivity contribution in [3.8, 4) is 5.75 Å². The number of aromatic hydroxyl groups is 1. The molecule has 0 heterocycles. The van der Waals surface area contributed by atoms with E-state index in [1.807, 2.05) is 6.92 Å². The first-order valence-electron chi connectivity index (χ1n) is 9.03. The normalized spacial score (nSPS) is 12.5. The number of amides is 2. The molecule has 0 bridgehead atoms. The number of nitrogens with one attached hydrogen (secondary N) is 1. The highest BCUT2D eigenvalue weighted by Gasteiger charge is 2.25. The van der Waals surface area contributed by atoms with E-state index < -0.39 is 24.1 Å². The Labute approximate surface area is 174 Å². The molecule has 0 aliphatic carbocycles. The number of hydrogen-bond acceptors (Lipinski definition) is 7. The maximum Gasteiger partial charge on any atom is 0.414 e. The van der Waals surface area contributed by atoms with Gasteiger partial charge in [0.1, 0.15) is 11.9 Å². The Morgan fingerprint density at radius 1 is 1.07 bits per heavy atom. The Hall–Kier alpha value is -3.00. The zero-order chi connectivity index (χ0) is 21.2. The second-order valence-corrected chi connectivity index (χ2v) is 6.70. The molecule has 0 unspecified atom stereocenters. The van der Waals surface area contributed by atoms with Gasteiger partial charge in [-0.15, -0.1) is 0 Å². The largest absolute Gasteiger partial charge is 0.508 e. The lowest BCUT2D eigenvalue weighted by Crippen LogP contribution is -2.33. The number of carbonyl (C=O) groups excluding carboxylic acids is 3. The van der Waals surface area contributed by atoms with Gasteiger partial charge in [-0.25, -0.2) is 4.79 Å². The highest BCUT2D eigenvalue weighted by molar-refractivity contribution is 7.81. The third kappa shape index (κ3) is 7.15. The predicted octanol–water partition coefficient (Wildman–Crippen LogP) is 3.50. The maximum absolute atomic E-state index is 12.3. The first kappa shape index (κ1) is 22.3. The minimum Gasteiger partial charge on any atom is -0.508 e. The fourth-order valence-electron chi connectivity index (χ4n) is 2.63. The molecular formula is C21H23NO6S. The van der Waals surface area contributed by atoms with Gasteiger partial charge in [0.05, 0.1) is 12.4 Å². The molecule has 2 amide bonds. The van der Waals surface area contributed by atoms with Crippen molar-refractivity contribution < 1.29 is 29.0 Å². The van der Waals surface area contributed by atoms with Crippen molar-refractivity contribution in [3.63, 3.8) is 0 Å². The molecule has 154 valence electrons. The molecular weight excluding hydrogens is 394 g/mol. The van der Waals surface area contributed by atoms with Crippen LogP contribution in [0.25, 0.3) is 0 Å². The molecule has 0 aromatic heterocycles. The molecule has 8 heteroatoms. The van der Waals surface area contributed by atoms with E-state index in [2.05, 4.69) is 17.9 Å². The van der Waals surface area contributed by atoms with Gasteiger partial charge in [0, 0.05) is 11.5 Å². The lowest BCUT2D eigenvalue weighted by Gasteiger charge is -2.24. The summed E-state index contributed by atoms with van der Waals surface area (Å²) in [7, 11) is 0. The molecule has 0 aliphatic heterocycles. The van der Waals surface area contributed by atoms with Gasteiger partial charge in [0.25, 0.3) is 5.91 Å². The topological polar surface area (TPSA) is 102 Å². The molecule has 7 nitrogen and oxygen atoms in total.